The SMILES string of the molecule is CCOc1ccc(N(CC(=O)N/N=C\c2ccc(Cl)cc2Cl)S(=O)(=O)c2ccc(Br)cc2)cc1. The lowest BCUT2D eigenvalue weighted by molar-refractivity contribution is -0.119. The third-order valence-corrected chi connectivity index (χ3v) is 7.36. The van der Waals surface area contributed by atoms with Crippen LogP contribution in [0, 0.1) is 0 Å². The number of sulfonamides is 1. The van der Waals surface area contributed by atoms with Crippen LogP contribution in [0.2, 0.25) is 10.0 Å². The number of amides is 1. The summed E-state index contributed by atoms with van der Waals surface area (Å²) in [5, 5.41) is 4.71. The lowest BCUT2D eigenvalue weighted by atomic mass is 10.2. The number of nitrogens with zero attached hydrogens (tertiary/aromatic N) is 2. The summed E-state index contributed by atoms with van der Waals surface area (Å²) in [4.78, 5) is 12.7. The molecule has 0 aliphatic rings. The van der Waals surface area contributed by atoms with Gasteiger partial charge in [0.05, 0.1) is 28.4 Å². The van der Waals surface area contributed by atoms with Crippen LogP contribution < -0.4 is 14.5 Å². The Labute approximate surface area is 216 Å². The molecule has 0 spiro atoms. The van der Waals surface area contributed by atoms with Gasteiger partial charge in [0.1, 0.15) is 12.3 Å². The second-order valence-electron chi connectivity index (χ2n) is 6.85. The number of ether oxygens (including phenoxy) is 1. The maximum Gasteiger partial charge on any atom is 0.264 e. The molecule has 7 nitrogen and oxygen atoms in total. The summed E-state index contributed by atoms with van der Waals surface area (Å²) in [5.74, 6) is -0.0583. The minimum absolute atomic E-state index is 0.0360. The van der Waals surface area contributed by atoms with Gasteiger partial charge in [-0.05, 0) is 67.6 Å². The van der Waals surface area contributed by atoms with Crippen LogP contribution >= 0.6 is 39.1 Å². The molecule has 0 saturated heterocycles. The molecule has 0 aliphatic heterocycles. The predicted octanol–water partition coefficient (Wildman–Crippen LogP) is 5.50. The van der Waals surface area contributed by atoms with Gasteiger partial charge in [0, 0.05) is 15.1 Å². The smallest absolute Gasteiger partial charge is 0.264 e. The van der Waals surface area contributed by atoms with Crippen LogP contribution in [0.5, 0.6) is 5.75 Å². The minimum atomic E-state index is -4.06. The van der Waals surface area contributed by atoms with Gasteiger partial charge in [0.2, 0.25) is 0 Å². The van der Waals surface area contributed by atoms with Crippen LogP contribution in [0.3, 0.4) is 0 Å². The fourth-order valence-electron chi connectivity index (χ4n) is 2.87. The lowest BCUT2D eigenvalue weighted by Gasteiger charge is -2.24. The standard InChI is InChI=1S/C23H20BrCl2N3O4S/c1-2-33-20-9-7-19(8-10-20)29(34(31,32)21-11-4-17(24)5-12-21)15-23(30)28-27-14-16-3-6-18(25)13-22(16)26/h3-14H,2,15H2,1H3,(H,28,30)/b27-14-. The van der Waals surface area contributed by atoms with Crippen molar-refractivity contribution in [3.8, 4) is 5.75 Å². The fourth-order valence-corrected chi connectivity index (χ4v) is 5.01. The number of hydrazone groups is 1. The zero-order valence-corrected chi connectivity index (χ0v) is 21.8. The number of rotatable bonds is 9. The molecule has 3 aromatic rings. The summed E-state index contributed by atoms with van der Waals surface area (Å²) >= 11 is 15.3. The number of carbonyl (C=O) groups is 1. The van der Waals surface area contributed by atoms with Gasteiger partial charge in [-0.25, -0.2) is 13.8 Å². The molecular formula is C23H20BrCl2N3O4S. The molecule has 0 radical (unpaired) electrons. The van der Waals surface area contributed by atoms with Gasteiger partial charge in [-0.1, -0.05) is 45.2 Å². The van der Waals surface area contributed by atoms with Crippen LogP contribution in [-0.4, -0.2) is 33.7 Å². The van der Waals surface area contributed by atoms with Crippen LogP contribution in [0.4, 0.5) is 5.69 Å². The van der Waals surface area contributed by atoms with E-state index in [2.05, 4.69) is 26.5 Å². The normalized spacial score (nSPS) is 11.4. The highest BCUT2D eigenvalue weighted by Gasteiger charge is 2.27. The number of benzene rings is 3. The van der Waals surface area contributed by atoms with Crippen LogP contribution in [0.1, 0.15) is 12.5 Å². The Bertz CT molecular complexity index is 1280. The molecule has 0 saturated carbocycles. The minimum Gasteiger partial charge on any atom is -0.494 e. The van der Waals surface area contributed by atoms with Gasteiger partial charge < -0.3 is 4.74 Å². The number of halogens is 3. The first kappa shape index (κ1) is 26.0. The molecule has 11 heteroatoms. The van der Waals surface area contributed by atoms with E-state index in [-0.39, 0.29) is 4.90 Å². The van der Waals surface area contributed by atoms with E-state index in [4.69, 9.17) is 27.9 Å². The number of hydrogen-bond acceptors (Lipinski definition) is 5. The average Bonchev–Trinajstić information content (AvgIpc) is 2.80. The first-order valence-corrected chi connectivity index (χ1v) is 13.0. The van der Waals surface area contributed by atoms with Gasteiger partial charge in [0.25, 0.3) is 15.9 Å². The summed E-state index contributed by atoms with van der Waals surface area (Å²) in [6.45, 7) is 1.82. The molecule has 3 rings (SSSR count). The van der Waals surface area contributed by atoms with Crippen LogP contribution in [-0.2, 0) is 14.8 Å². The summed E-state index contributed by atoms with van der Waals surface area (Å²) in [5.41, 5.74) is 3.17. The Kier molecular flexibility index (Phi) is 8.96. The van der Waals surface area contributed by atoms with Crippen molar-refractivity contribution in [1.29, 1.82) is 0 Å². The Morgan fingerprint density at radius 2 is 1.76 bits per heavy atom. The predicted molar refractivity (Wildman–Crippen MR) is 138 cm³/mol. The Morgan fingerprint density at radius 1 is 1.09 bits per heavy atom. The summed E-state index contributed by atoms with van der Waals surface area (Å²) in [6.07, 6.45) is 1.35. The second-order valence-corrected chi connectivity index (χ2v) is 10.5. The van der Waals surface area contributed by atoms with Crippen molar-refractivity contribution in [3.63, 3.8) is 0 Å². The molecule has 3 aromatic carbocycles. The number of hydrogen-bond donors (Lipinski definition) is 1. The number of nitrogens with one attached hydrogen (secondary N) is 1. The van der Waals surface area contributed by atoms with Gasteiger partial charge in [-0.2, -0.15) is 5.10 Å². The molecule has 0 atom stereocenters. The highest BCUT2D eigenvalue weighted by molar-refractivity contribution is 9.10. The molecule has 0 fully saturated rings. The van der Waals surface area contributed by atoms with Crippen LogP contribution in [0.15, 0.2) is 81.2 Å². The van der Waals surface area contributed by atoms with Crippen molar-refractivity contribution < 1.29 is 17.9 Å². The van der Waals surface area contributed by atoms with Crippen molar-refractivity contribution >= 4 is 67.0 Å². The van der Waals surface area contributed by atoms with Crippen molar-refractivity contribution in [3.05, 3.63) is 86.8 Å². The van der Waals surface area contributed by atoms with E-state index in [9.17, 15) is 13.2 Å². The van der Waals surface area contributed by atoms with Crippen molar-refractivity contribution in [2.45, 2.75) is 11.8 Å². The third kappa shape index (κ3) is 6.73. The van der Waals surface area contributed by atoms with Gasteiger partial charge in [0.15, 0.2) is 0 Å². The van der Waals surface area contributed by atoms with E-state index in [0.717, 1.165) is 8.78 Å². The molecule has 34 heavy (non-hydrogen) atoms. The molecule has 0 unspecified atom stereocenters. The molecule has 178 valence electrons. The van der Waals surface area contributed by atoms with E-state index in [0.29, 0.717) is 33.7 Å². The van der Waals surface area contributed by atoms with E-state index in [1.807, 2.05) is 6.92 Å². The fraction of sp³-hybridized carbons (Fsp3) is 0.130. The maximum absolute atomic E-state index is 13.4. The molecule has 0 bridgehead atoms. The zero-order valence-electron chi connectivity index (χ0n) is 17.9. The van der Waals surface area contributed by atoms with Crippen molar-refractivity contribution in [2.75, 3.05) is 17.5 Å². The summed E-state index contributed by atoms with van der Waals surface area (Å²) in [6, 6.07) is 17.4. The maximum atomic E-state index is 13.4. The van der Waals surface area contributed by atoms with E-state index in [1.54, 1.807) is 54.6 Å². The zero-order chi connectivity index (χ0) is 24.7. The number of carbonyl (C=O) groups excluding carboxylic acids is 1. The van der Waals surface area contributed by atoms with Crippen molar-refractivity contribution in [2.24, 2.45) is 5.10 Å². The van der Waals surface area contributed by atoms with Gasteiger partial charge >= 0.3 is 0 Å². The van der Waals surface area contributed by atoms with Gasteiger partial charge in [-0.3, -0.25) is 9.10 Å². The number of anilines is 1. The van der Waals surface area contributed by atoms with E-state index < -0.39 is 22.5 Å². The Hall–Kier alpha value is -2.59. The van der Waals surface area contributed by atoms with E-state index >= 15 is 0 Å². The second kappa shape index (κ2) is 11.7. The van der Waals surface area contributed by atoms with Crippen LogP contribution in [0.25, 0.3) is 0 Å². The molecule has 0 aliphatic carbocycles. The van der Waals surface area contributed by atoms with E-state index in [1.165, 1.54) is 18.3 Å². The molecular weight excluding hydrogens is 565 g/mol. The quantitative estimate of drug-likeness (QED) is 0.266. The molecule has 1 N–H and O–H groups in total. The largest absolute Gasteiger partial charge is 0.494 e. The highest BCUT2D eigenvalue weighted by Crippen LogP contribution is 2.26. The first-order chi connectivity index (χ1) is 16.2. The molecule has 0 aromatic heterocycles. The first-order valence-electron chi connectivity index (χ1n) is 9.99. The average molecular weight is 585 g/mol. The van der Waals surface area contributed by atoms with Gasteiger partial charge in [-0.15, -0.1) is 0 Å². The molecule has 0 heterocycles. The third-order valence-electron chi connectivity index (χ3n) is 4.48. The van der Waals surface area contributed by atoms with Crippen molar-refractivity contribution in [1.82, 2.24) is 5.43 Å². The summed E-state index contributed by atoms with van der Waals surface area (Å²) < 4.78 is 33.9. The Morgan fingerprint density at radius 3 is 2.38 bits per heavy atom. The molecule has 1 amide bonds. The highest BCUT2D eigenvalue weighted by atomic mass is 79.9. The summed E-state index contributed by atoms with van der Waals surface area (Å²) in [7, 11) is -4.06. The Balaban J connectivity index is 1.85. The monoisotopic (exact) mass is 583 g/mol. The lowest BCUT2D eigenvalue weighted by Crippen LogP contribution is -2.39. The topological polar surface area (TPSA) is 88.1 Å².